The lowest BCUT2D eigenvalue weighted by Crippen LogP contribution is -2.22. The van der Waals surface area contributed by atoms with Gasteiger partial charge < -0.3 is 15.0 Å². The second-order valence-electron chi connectivity index (χ2n) is 6.26. The maximum absolute atomic E-state index is 12.2. The number of ether oxygens (including phenoxy) is 1. The van der Waals surface area contributed by atoms with Crippen LogP contribution in [0.4, 0.5) is 11.4 Å². The number of benzene rings is 2. The van der Waals surface area contributed by atoms with E-state index in [1.54, 1.807) is 0 Å². The van der Waals surface area contributed by atoms with E-state index < -0.39 is 0 Å². The largest absolute Gasteiger partial charge is 0.483 e. The maximum atomic E-state index is 12.2. The first kappa shape index (κ1) is 18.8. The van der Waals surface area contributed by atoms with E-state index in [0.717, 1.165) is 41.3 Å². The summed E-state index contributed by atoms with van der Waals surface area (Å²) in [7, 11) is 0. The fourth-order valence-electron chi connectivity index (χ4n) is 2.84. The van der Waals surface area contributed by atoms with Crippen molar-refractivity contribution in [1.82, 2.24) is 0 Å². The lowest BCUT2D eigenvalue weighted by molar-refractivity contribution is -0.118. The van der Waals surface area contributed by atoms with Gasteiger partial charge in [-0.25, -0.2) is 0 Å². The highest BCUT2D eigenvalue weighted by molar-refractivity contribution is 5.92. The quantitative estimate of drug-likeness (QED) is 0.808. The maximum Gasteiger partial charge on any atom is 0.262 e. The molecule has 0 fully saturated rings. The fourth-order valence-corrected chi connectivity index (χ4v) is 2.84. The third kappa shape index (κ3) is 4.99. The van der Waals surface area contributed by atoms with Crippen molar-refractivity contribution in [2.45, 2.75) is 34.6 Å². The molecule has 25 heavy (non-hydrogen) atoms. The van der Waals surface area contributed by atoms with Crippen molar-refractivity contribution in [3.05, 3.63) is 53.1 Å². The van der Waals surface area contributed by atoms with E-state index in [9.17, 15) is 4.79 Å². The molecule has 0 aliphatic rings. The molecular weight excluding hydrogens is 312 g/mol. The van der Waals surface area contributed by atoms with Crippen LogP contribution in [0.15, 0.2) is 36.4 Å². The van der Waals surface area contributed by atoms with Gasteiger partial charge >= 0.3 is 0 Å². The van der Waals surface area contributed by atoms with Crippen LogP contribution in [-0.4, -0.2) is 25.6 Å². The number of hydrogen-bond acceptors (Lipinski definition) is 3. The van der Waals surface area contributed by atoms with Gasteiger partial charge in [-0.3, -0.25) is 4.79 Å². The lowest BCUT2D eigenvalue weighted by Gasteiger charge is -2.21. The summed E-state index contributed by atoms with van der Waals surface area (Å²) in [5, 5.41) is 2.88. The van der Waals surface area contributed by atoms with Gasteiger partial charge in [0.15, 0.2) is 6.61 Å². The zero-order valence-corrected chi connectivity index (χ0v) is 15.8. The van der Waals surface area contributed by atoms with E-state index in [-0.39, 0.29) is 12.5 Å². The summed E-state index contributed by atoms with van der Waals surface area (Å²) in [5.74, 6) is 0.610. The van der Waals surface area contributed by atoms with Crippen LogP contribution in [0.3, 0.4) is 0 Å². The molecule has 0 saturated carbocycles. The van der Waals surface area contributed by atoms with E-state index in [2.05, 4.69) is 30.1 Å². The summed E-state index contributed by atoms with van der Waals surface area (Å²) in [4.78, 5) is 14.4. The number of carbonyl (C=O) groups excluding carboxylic acids is 1. The van der Waals surface area contributed by atoms with Crippen LogP contribution < -0.4 is 15.0 Å². The van der Waals surface area contributed by atoms with Crippen LogP contribution in [0.2, 0.25) is 0 Å². The zero-order valence-electron chi connectivity index (χ0n) is 15.8. The van der Waals surface area contributed by atoms with Crippen LogP contribution in [0.25, 0.3) is 0 Å². The number of nitrogens with one attached hydrogen (secondary N) is 1. The normalized spacial score (nSPS) is 10.4. The van der Waals surface area contributed by atoms with E-state index in [1.807, 2.05) is 51.1 Å². The molecule has 1 N–H and O–H groups in total. The number of carbonyl (C=O) groups is 1. The van der Waals surface area contributed by atoms with Crippen molar-refractivity contribution in [2.24, 2.45) is 0 Å². The van der Waals surface area contributed by atoms with Crippen molar-refractivity contribution in [3.8, 4) is 5.75 Å². The average molecular weight is 340 g/mol. The van der Waals surface area contributed by atoms with E-state index in [0.29, 0.717) is 0 Å². The fraction of sp³-hybridized carbons (Fsp3) is 0.381. The first-order valence-electron chi connectivity index (χ1n) is 8.80. The minimum absolute atomic E-state index is 0.00152. The highest BCUT2D eigenvalue weighted by Gasteiger charge is 2.08. The van der Waals surface area contributed by atoms with Gasteiger partial charge in [-0.05, 0) is 81.6 Å². The smallest absolute Gasteiger partial charge is 0.262 e. The second-order valence-corrected chi connectivity index (χ2v) is 6.26. The van der Waals surface area contributed by atoms with Gasteiger partial charge in [0.05, 0.1) is 0 Å². The number of anilines is 2. The second kappa shape index (κ2) is 8.56. The Balaban J connectivity index is 1.94. The minimum Gasteiger partial charge on any atom is -0.483 e. The summed E-state index contributed by atoms with van der Waals surface area (Å²) in [6.45, 7) is 12.3. The summed E-state index contributed by atoms with van der Waals surface area (Å²) in [6.07, 6.45) is 0. The summed E-state index contributed by atoms with van der Waals surface area (Å²) in [5.41, 5.74) is 5.31. The molecule has 2 aromatic carbocycles. The van der Waals surface area contributed by atoms with Gasteiger partial charge in [0, 0.05) is 24.5 Å². The molecule has 2 aromatic rings. The Hall–Kier alpha value is -2.49. The number of aryl methyl sites for hydroxylation is 2. The predicted octanol–water partition coefficient (Wildman–Crippen LogP) is 4.48. The van der Waals surface area contributed by atoms with Crippen LogP contribution in [0, 0.1) is 20.8 Å². The molecule has 0 aliphatic heterocycles. The van der Waals surface area contributed by atoms with Gasteiger partial charge in [-0.1, -0.05) is 6.07 Å². The molecule has 0 spiro atoms. The topological polar surface area (TPSA) is 41.6 Å². The monoisotopic (exact) mass is 340 g/mol. The molecule has 0 saturated heterocycles. The minimum atomic E-state index is -0.158. The Labute approximate surface area is 150 Å². The Kier molecular flexibility index (Phi) is 6.45. The molecule has 4 heteroatoms. The lowest BCUT2D eigenvalue weighted by atomic mass is 10.1. The van der Waals surface area contributed by atoms with Crippen molar-refractivity contribution in [3.63, 3.8) is 0 Å². The molecule has 4 nitrogen and oxygen atoms in total. The third-order valence-electron chi connectivity index (χ3n) is 4.40. The summed E-state index contributed by atoms with van der Waals surface area (Å²) in [6, 6.07) is 12.0. The molecule has 0 aliphatic carbocycles. The van der Waals surface area contributed by atoms with Crippen LogP contribution >= 0.6 is 0 Å². The van der Waals surface area contributed by atoms with E-state index >= 15 is 0 Å². The highest BCUT2D eigenvalue weighted by Crippen LogP contribution is 2.23. The summed E-state index contributed by atoms with van der Waals surface area (Å²) < 4.78 is 5.71. The predicted molar refractivity (Wildman–Crippen MR) is 105 cm³/mol. The van der Waals surface area contributed by atoms with Crippen molar-refractivity contribution in [2.75, 3.05) is 29.9 Å². The number of amides is 1. The Bertz CT molecular complexity index is 719. The van der Waals surface area contributed by atoms with Gasteiger partial charge in [-0.2, -0.15) is 0 Å². The Morgan fingerprint density at radius 2 is 1.68 bits per heavy atom. The summed E-state index contributed by atoms with van der Waals surface area (Å²) >= 11 is 0. The number of rotatable bonds is 7. The SMILES string of the molecule is CCN(CC)c1ccc(NC(=O)COc2cc(C)cc(C)c2C)cc1. The third-order valence-corrected chi connectivity index (χ3v) is 4.40. The molecule has 0 atom stereocenters. The van der Waals surface area contributed by atoms with Crippen molar-refractivity contribution >= 4 is 17.3 Å². The van der Waals surface area contributed by atoms with Gasteiger partial charge in [0.2, 0.25) is 0 Å². The molecule has 1 amide bonds. The average Bonchev–Trinajstić information content (AvgIpc) is 2.59. The standard InChI is InChI=1S/C21H28N2O2/c1-6-23(7-2)19-10-8-18(9-11-19)22-21(24)14-25-20-13-15(3)12-16(4)17(20)5/h8-13H,6-7,14H2,1-5H3,(H,22,24). The van der Waals surface area contributed by atoms with E-state index in [1.165, 1.54) is 5.56 Å². The molecule has 0 radical (unpaired) electrons. The van der Waals surface area contributed by atoms with Gasteiger partial charge in [0.1, 0.15) is 5.75 Å². The molecule has 134 valence electrons. The van der Waals surface area contributed by atoms with Crippen LogP contribution in [0.5, 0.6) is 5.75 Å². The Morgan fingerprint density at radius 3 is 2.28 bits per heavy atom. The zero-order chi connectivity index (χ0) is 18.4. The Morgan fingerprint density at radius 1 is 1.04 bits per heavy atom. The molecule has 0 unspecified atom stereocenters. The van der Waals surface area contributed by atoms with Gasteiger partial charge in [-0.15, -0.1) is 0 Å². The molecule has 0 heterocycles. The number of nitrogens with zero attached hydrogens (tertiary/aromatic N) is 1. The highest BCUT2D eigenvalue weighted by atomic mass is 16.5. The molecule has 0 bridgehead atoms. The first-order valence-corrected chi connectivity index (χ1v) is 8.80. The molecular formula is C21H28N2O2. The first-order chi connectivity index (χ1) is 11.9. The number of hydrogen-bond donors (Lipinski definition) is 1. The van der Waals surface area contributed by atoms with E-state index in [4.69, 9.17) is 4.74 Å². The molecule has 2 rings (SSSR count). The van der Waals surface area contributed by atoms with Crippen molar-refractivity contribution < 1.29 is 9.53 Å². The molecule has 0 aromatic heterocycles. The van der Waals surface area contributed by atoms with Crippen LogP contribution in [0.1, 0.15) is 30.5 Å². The van der Waals surface area contributed by atoms with Gasteiger partial charge in [0.25, 0.3) is 5.91 Å². The van der Waals surface area contributed by atoms with Crippen LogP contribution in [-0.2, 0) is 4.79 Å². The van der Waals surface area contributed by atoms with Crippen molar-refractivity contribution in [1.29, 1.82) is 0 Å².